The van der Waals surface area contributed by atoms with Crippen molar-refractivity contribution in [2.24, 2.45) is 0 Å². The van der Waals surface area contributed by atoms with Crippen LogP contribution in [0.5, 0.6) is 0 Å². The molecule has 0 unspecified atom stereocenters. The average molecular weight is 1040 g/mol. The number of halogens is 7. The van der Waals surface area contributed by atoms with Crippen LogP contribution in [0.25, 0.3) is 123 Å². The maximum absolute atomic E-state index is 16.2. The summed E-state index contributed by atoms with van der Waals surface area (Å²) < 4.78 is 106. The molecule has 380 valence electrons. The summed E-state index contributed by atoms with van der Waals surface area (Å²) in [6, 6.07) is 61.6. The second-order valence-electron chi connectivity index (χ2n) is 18.9. The molecule has 9 aromatic carbocycles. The van der Waals surface area contributed by atoms with Gasteiger partial charge in [-0.3, -0.25) is 15.0 Å². The molecular formula is C69H40F7N3. The minimum Gasteiger partial charge on any atom is -0.256 e. The Hall–Kier alpha value is -10.1. The van der Waals surface area contributed by atoms with Crippen molar-refractivity contribution in [3.05, 3.63) is 284 Å². The van der Waals surface area contributed by atoms with E-state index in [1.54, 1.807) is 54.7 Å². The standard InChI is InChI=1S/C69H40F7N3/c70-50-17-22-55(45-15-27-67(77-38-45)58-25-20-53(73)35-65(58)75)60(32-50)47-29-48(61-33-51(71)18-23-56(61)46-16-28-68(78-39-46)59-26-21-54(74)36-66(59)76)31-49(30-47)62-34-52(72)19-24-57(62)64-40-79-69(44-9-5-2-6-10-44)37-63(64)43-13-11-42(12-14-43)41-7-3-1-4-8-41/h1-40H. The molecule has 12 rings (SSSR count). The van der Waals surface area contributed by atoms with Crippen LogP contribution in [0.4, 0.5) is 30.7 Å². The number of nitrogens with zero attached hydrogens (tertiary/aromatic N) is 3. The topological polar surface area (TPSA) is 38.7 Å². The number of rotatable bonds is 11. The van der Waals surface area contributed by atoms with E-state index < -0.39 is 40.7 Å². The van der Waals surface area contributed by atoms with Gasteiger partial charge in [0.2, 0.25) is 0 Å². The van der Waals surface area contributed by atoms with E-state index in [2.05, 4.69) is 22.1 Å². The van der Waals surface area contributed by atoms with E-state index in [-0.39, 0.29) is 22.5 Å². The van der Waals surface area contributed by atoms with E-state index in [4.69, 9.17) is 4.98 Å². The van der Waals surface area contributed by atoms with E-state index in [0.29, 0.717) is 72.5 Å². The predicted molar refractivity (Wildman–Crippen MR) is 299 cm³/mol. The number of hydrogen-bond donors (Lipinski definition) is 0. The van der Waals surface area contributed by atoms with E-state index in [1.807, 2.05) is 91.0 Å². The molecule has 0 radical (unpaired) electrons. The molecule has 0 aliphatic carbocycles. The van der Waals surface area contributed by atoms with Gasteiger partial charge in [-0.05, 0) is 169 Å². The Morgan fingerprint density at radius 1 is 0.190 bits per heavy atom. The molecule has 0 fully saturated rings. The van der Waals surface area contributed by atoms with Crippen molar-refractivity contribution in [1.29, 1.82) is 0 Å². The number of benzene rings is 9. The van der Waals surface area contributed by atoms with Crippen LogP contribution in [0.2, 0.25) is 0 Å². The lowest BCUT2D eigenvalue weighted by Gasteiger charge is -2.19. The van der Waals surface area contributed by atoms with Crippen molar-refractivity contribution in [3.63, 3.8) is 0 Å². The van der Waals surface area contributed by atoms with Crippen LogP contribution in [0, 0.1) is 40.7 Å². The highest BCUT2D eigenvalue weighted by Crippen LogP contribution is 2.45. The molecule has 0 spiro atoms. The third kappa shape index (κ3) is 10.2. The summed E-state index contributed by atoms with van der Waals surface area (Å²) in [6.07, 6.45) is 4.82. The van der Waals surface area contributed by atoms with Crippen LogP contribution in [0.15, 0.2) is 243 Å². The zero-order chi connectivity index (χ0) is 54.1. The van der Waals surface area contributed by atoms with Crippen molar-refractivity contribution >= 4 is 0 Å². The van der Waals surface area contributed by atoms with Crippen LogP contribution in [0.3, 0.4) is 0 Å². The molecule has 0 amide bonds. The third-order valence-corrected chi connectivity index (χ3v) is 13.9. The van der Waals surface area contributed by atoms with Crippen molar-refractivity contribution in [3.8, 4) is 123 Å². The lowest BCUT2D eigenvalue weighted by Crippen LogP contribution is -1.96. The molecule has 0 atom stereocenters. The molecule has 0 saturated carbocycles. The number of pyridine rings is 3. The predicted octanol–water partition coefficient (Wildman–Crippen LogP) is 19.2. The van der Waals surface area contributed by atoms with E-state index in [9.17, 15) is 17.6 Å². The normalized spacial score (nSPS) is 11.2. The molecule has 0 aliphatic heterocycles. The Morgan fingerprint density at radius 3 is 0.987 bits per heavy atom. The maximum Gasteiger partial charge on any atom is 0.135 e. The van der Waals surface area contributed by atoms with E-state index >= 15 is 13.2 Å². The maximum atomic E-state index is 16.2. The van der Waals surface area contributed by atoms with Crippen molar-refractivity contribution < 1.29 is 30.7 Å². The van der Waals surface area contributed by atoms with Crippen molar-refractivity contribution in [2.75, 3.05) is 0 Å². The lowest BCUT2D eigenvalue weighted by atomic mass is 9.85. The molecule has 10 heteroatoms. The summed E-state index contributed by atoms with van der Waals surface area (Å²) in [5, 5.41) is 0. The van der Waals surface area contributed by atoms with Crippen LogP contribution in [-0.2, 0) is 0 Å². The molecule has 0 N–H and O–H groups in total. The van der Waals surface area contributed by atoms with Crippen LogP contribution in [-0.4, -0.2) is 15.0 Å². The van der Waals surface area contributed by atoms with Gasteiger partial charge in [-0.25, -0.2) is 30.7 Å². The highest BCUT2D eigenvalue weighted by molar-refractivity contribution is 5.97. The molecule has 0 bridgehead atoms. The Balaban J connectivity index is 1.06. The minimum absolute atomic E-state index is 0.0890. The smallest absolute Gasteiger partial charge is 0.135 e. The first-order chi connectivity index (χ1) is 38.5. The van der Waals surface area contributed by atoms with Crippen LogP contribution < -0.4 is 0 Å². The molecular weight excluding hydrogens is 1000 g/mol. The first-order valence-corrected chi connectivity index (χ1v) is 25.1. The molecule has 3 heterocycles. The quantitative estimate of drug-likeness (QED) is 0.121. The lowest BCUT2D eigenvalue weighted by molar-refractivity contribution is 0.584. The largest absolute Gasteiger partial charge is 0.256 e. The molecule has 12 aromatic rings. The van der Waals surface area contributed by atoms with Gasteiger partial charge in [0.15, 0.2) is 0 Å². The summed E-state index contributed by atoms with van der Waals surface area (Å²) >= 11 is 0. The number of hydrogen-bond acceptors (Lipinski definition) is 3. The highest BCUT2D eigenvalue weighted by Gasteiger charge is 2.22. The second-order valence-corrected chi connectivity index (χ2v) is 18.9. The van der Waals surface area contributed by atoms with Gasteiger partial charge in [0.05, 0.1) is 17.1 Å². The van der Waals surface area contributed by atoms with Gasteiger partial charge < -0.3 is 0 Å². The van der Waals surface area contributed by atoms with E-state index in [0.717, 1.165) is 52.1 Å². The SMILES string of the molecule is Fc1ccc(-c2ccc(-c3ccc(F)cc3-c3cc(-c4cc(F)ccc4-c4ccc(-c5ccc(F)cc5F)nc4)cc(-c4cc(F)ccc4-c4cnc(-c5ccccc5)cc4-c4ccc(-c5ccccc5)cc4)c3)cn2)c(F)c1. The molecule has 0 saturated heterocycles. The fourth-order valence-corrected chi connectivity index (χ4v) is 10.1. The van der Waals surface area contributed by atoms with Gasteiger partial charge >= 0.3 is 0 Å². The summed E-state index contributed by atoms with van der Waals surface area (Å²) in [5.74, 6) is -4.72. The zero-order valence-corrected chi connectivity index (χ0v) is 41.6. The monoisotopic (exact) mass is 1040 g/mol. The Labute approximate surface area is 450 Å². The molecule has 79 heavy (non-hydrogen) atoms. The summed E-state index contributed by atoms with van der Waals surface area (Å²) in [7, 11) is 0. The van der Waals surface area contributed by atoms with Gasteiger partial charge in [-0.15, -0.1) is 0 Å². The van der Waals surface area contributed by atoms with Gasteiger partial charge in [0.1, 0.15) is 40.7 Å². The first-order valence-electron chi connectivity index (χ1n) is 25.1. The fraction of sp³-hybridized carbons (Fsp3) is 0. The Morgan fingerprint density at radius 2 is 0.544 bits per heavy atom. The van der Waals surface area contributed by atoms with E-state index in [1.165, 1.54) is 60.9 Å². The fourth-order valence-electron chi connectivity index (χ4n) is 10.1. The van der Waals surface area contributed by atoms with Gasteiger partial charge in [0, 0.05) is 64.1 Å². The van der Waals surface area contributed by atoms with Crippen molar-refractivity contribution in [1.82, 2.24) is 15.0 Å². The van der Waals surface area contributed by atoms with Crippen LogP contribution in [0.1, 0.15) is 0 Å². The number of aromatic nitrogens is 3. The Kier molecular flexibility index (Phi) is 13.3. The zero-order valence-electron chi connectivity index (χ0n) is 41.6. The van der Waals surface area contributed by atoms with Crippen molar-refractivity contribution in [2.45, 2.75) is 0 Å². The summed E-state index contributed by atoms with van der Waals surface area (Å²) in [4.78, 5) is 14.1. The van der Waals surface area contributed by atoms with Gasteiger partial charge in [0.25, 0.3) is 0 Å². The third-order valence-electron chi connectivity index (χ3n) is 13.9. The van der Waals surface area contributed by atoms with Crippen LogP contribution >= 0.6 is 0 Å². The van der Waals surface area contributed by atoms with Gasteiger partial charge in [-0.2, -0.15) is 0 Å². The molecule has 0 aliphatic rings. The summed E-state index contributed by atoms with van der Waals surface area (Å²) in [5.41, 5.74) is 12.0. The molecule has 3 nitrogen and oxygen atoms in total. The Bertz CT molecular complexity index is 4080. The first kappa shape index (κ1) is 49.8. The highest BCUT2D eigenvalue weighted by atomic mass is 19.2. The summed E-state index contributed by atoms with van der Waals surface area (Å²) in [6.45, 7) is 0. The second kappa shape index (κ2) is 21.2. The van der Waals surface area contributed by atoms with Gasteiger partial charge in [-0.1, -0.05) is 115 Å². The molecule has 3 aromatic heterocycles. The average Bonchev–Trinajstić information content (AvgIpc) is 3.65. The minimum atomic E-state index is -0.787.